The number of hydrogen-bond donors (Lipinski definition) is 2. The van der Waals surface area contributed by atoms with Crippen molar-refractivity contribution in [3.05, 3.63) is 40.7 Å². The fourth-order valence-corrected chi connectivity index (χ4v) is 1.83. The normalized spacial score (nSPS) is 10.4. The minimum atomic E-state index is -0.295. The third kappa shape index (κ3) is 2.65. The number of amides is 1. The van der Waals surface area contributed by atoms with Gasteiger partial charge in [0.25, 0.3) is 5.91 Å². The smallest absolute Gasteiger partial charge is 0.289 e. The molecule has 18 heavy (non-hydrogen) atoms. The van der Waals surface area contributed by atoms with Crippen molar-refractivity contribution in [3.63, 3.8) is 0 Å². The molecule has 2 aromatic rings. The number of carbonyl (C=O) groups excluding carboxylic acids is 1. The lowest BCUT2D eigenvalue weighted by Crippen LogP contribution is -2.23. The van der Waals surface area contributed by atoms with Gasteiger partial charge in [-0.2, -0.15) is 0 Å². The molecule has 1 aromatic heterocycles. The summed E-state index contributed by atoms with van der Waals surface area (Å²) in [5.41, 5.74) is 0.986. The predicted octanol–water partition coefficient (Wildman–Crippen LogP) is 1.63. The molecule has 0 saturated carbocycles. The highest BCUT2D eigenvalue weighted by Gasteiger charge is 2.15. The second-order valence-electron chi connectivity index (χ2n) is 3.62. The molecule has 1 aromatic carbocycles. The van der Waals surface area contributed by atoms with E-state index in [1.165, 1.54) is 0 Å². The van der Waals surface area contributed by atoms with Gasteiger partial charge in [0.05, 0.1) is 6.54 Å². The van der Waals surface area contributed by atoms with Gasteiger partial charge in [-0.25, -0.2) is 0 Å². The molecule has 0 radical (unpaired) electrons. The zero-order valence-electron chi connectivity index (χ0n) is 9.59. The fraction of sp³-hybridized carbons (Fsp3) is 0.182. The molecule has 1 amide bonds. The fourth-order valence-electron chi connectivity index (χ4n) is 1.49. The van der Waals surface area contributed by atoms with Crippen molar-refractivity contribution in [1.29, 1.82) is 0 Å². The minimum Gasteiger partial charge on any atom is -0.352 e. The number of halogens is 1. The lowest BCUT2D eigenvalue weighted by Gasteiger charge is -2.07. The van der Waals surface area contributed by atoms with E-state index in [0.29, 0.717) is 16.7 Å². The largest absolute Gasteiger partial charge is 0.352 e. The topological polar surface area (TPSA) is 59.8 Å². The quantitative estimate of drug-likeness (QED) is 0.841. The number of hydrogen-bond acceptors (Lipinski definition) is 4. The molecule has 0 aliphatic heterocycles. The van der Waals surface area contributed by atoms with Gasteiger partial charge in [-0.1, -0.05) is 23.7 Å². The van der Waals surface area contributed by atoms with Crippen molar-refractivity contribution in [1.82, 2.24) is 20.1 Å². The molecule has 0 saturated heterocycles. The average Bonchev–Trinajstić information content (AvgIpc) is 2.73. The summed E-state index contributed by atoms with van der Waals surface area (Å²) in [6.07, 6.45) is 0. The third-order valence-corrected chi connectivity index (χ3v) is 3.00. The van der Waals surface area contributed by atoms with E-state index in [9.17, 15) is 4.79 Å². The Morgan fingerprint density at radius 3 is 2.67 bits per heavy atom. The van der Waals surface area contributed by atoms with Gasteiger partial charge in [0, 0.05) is 12.1 Å². The molecule has 0 spiro atoms. The molecule has 7 heteroatoms. The number of nitrogens with one attached hydrogen (secondary N) is 1. The molecule has 0 aliphatic carbocycles. The Bertz CT molecular complexity index is 567. The van der Waals surface area contributed by atoms with E-state index in [0.717, 1.165) is 5.56 Å². The van der Waals surface area contributed by atoms with E-state index in [1.807, 2.05) is 12.1 Å². The van der Waals surface area contributed by atoms with Gasteiger partial charge in [0.15, 0.2) is 5.16 Å². The van der Waals surface area contributed by atoms with Crippen LogP contribution >= 0.6 is 24.2 Å². The summed E-state index contributed by atoms with van der Waals surface area (Å²) in [5, 5.41) is 11.2. The van der Waals surface area contributed by atoms with Crippen LogP contribution in [0.3, 0.4) is 0 Å². The molecule has 1 heterocycles. The Morgan fingerprint density at radius 2 is 2.06 bits per heavy atom. The van der Waals surface area contributed by atoms with Gasteiger partial charge in [-0.3, -0.25) is 9.36 Å². The maximum absolute atomic E-state index is 11.6. The zero-order valence-corrected chi connectivity index (χ0v) is 11.2. The first-order chi connectivity index (χ1) is 8.61. The lowest BCUT2D eigenvalue weighted by atomic mass is 10.2. The molecule has 0 unspecified atom stereocenters. The molecule has 2 rings (SSSR count). The van der Waals surface area contributed by atoms with E-state index in [4.69, 9.17) is 11.6 Å². The summed E-state index contributed by atoms with van der Waals surface area (Å²) in [6, 6.07) is 7.34. The summed E-state index contributed by atoms with van der Waals surface area (Å²) in [6.45, 7) is 0.464. The Balaban J connectivity index is 2.31. The van der Waals surface area contributed by atoms with Crippen LogP contribution < -0.4 is 5.32 Å². The van der Waals surface area contributed by atoms with E-state index in [2.05, 4.69) is 28.1 Å². The van der Waals surface area contributed by atoms with Gasteiger partial charge in [0.2, 0.25) is 5.82 Å². The second-order valence-corrected chi connectivity index (χ2v) is 4.45. The van der Waals surface area contributed by atoms with Gasteiger partial charge in [-0.15, -0.1) is 22.8 Å². The summed E-state index contributed by atoms with van der Waals surface area (Å²) in [4.78, 5) is 11.6. The molecule has 0 aliphatic rings. The molecule has 1 N–H and O–H groups in total. The molecule has 0 fully saturated rings. The number of rotatable bonds is 3. The Morgan fingerprint density at radius 1 is 1.39 bits per heavy atom. The average molecular weight is 283 g/mol. The van der Waals surface area contributed by atoms with Crippen molar-refractivity contribution >= 4 is 30.1 Å². The number of nitrogens with zero attached hydrogens (tertiary/aromatic N) is 3. The Labute approximate surface area is 115 Å². The monoisotopic (exact) mass is 282 g/mol. The SMILES string of the molecule is CNC(=O)c1nnc(S)n1Cc1ccc(Cl)cc1. The first-order valence-corrected chi connectivity index (χ1v) is 6.03. The van der Waals surface area contributed by atoms with Crippen LogP contribution in [-0.4, -0.2) is 27.7 Å². The summed E-state index contributed by atoms with van der Waals surface area (Å²) in [7, 11) is 1.54. The van der Waals surface area contributed by atoms with Gasteiger partial charge >= 0.3 is 0 Å². The van der Waals surface area contributed by atoms with Crippen LogP contribution in [0.1, 0.15) is 16.2 Å². The Kier molecular flexibility index (Phi) is 3.88. The van der Waals surface area contributed by atoms with E-state index in [1.54, 1.807) is 23.7 Å². The first-order valence-electron chi connectivity index (χ1n) is 5.20. The number of aromatic nitrogens is 3. The number of thiol groups is 1. The van der Waals surface area contributed by atoms with Crippen molar-refractivity contribution in [2.45, 2.75) is 11.7 Å². The molecule has 0 bridgehead atoms. The summed E-state index contributed by atoms with van der Waals surface area (Å²) >= 11 is 10.0. The molecule has 0 atom stereocenters. The van der Waals surface area contributed by atoms with Crippen molar-refractivity contribution < 1.29 is 4.79 Å². The van der Waals surface area contributed by atoms with Crippen LogP contribution in [0.2, 0.25) is 5.02 Å². The van der Waals surface area contributed by atoms with Gasteiger partial charge in [-0.05, 0) is 17.7 Å². The van der Waals surface area contributed by atoms with E-state index < -0.39 is 0 Å². The van der Waals surface area contributed by atoms with Gasteiger partial charge in [0.1, 0.15) is 0 Å². The molecular weight excluding hydrogens is 272 g/mol. The predicted molar refractivity (Wildman–Crippen MR) is 71.2 cm³/mol. The molecular formula is C11H11ClN4OS. The van der Waals surface area contributed by atoms with Crippen LogP contribution in [0.4, 0.5) is 0 Å². The van der Waals surface area contributed by atoms with Crippen molar-refractivity contribution in [2.75, 3.05) is 7.05 Å². The van der Waals surface area contributed by atoms with Crippen LogP contribution in [0, 0.1) is 0 Å². The molecule has 94 valence electrons. The number of benzene rings is 1. The van der Waals surface area contributed by atoms with E-state index in [-0.39, 0.29) is 11.7 Å². The standard InChI is InChI=1S/C11H11ClN4OS/c1-13-10(17)9-14-15-11(18)16(9)6-7-2-4-8(12)5-3-7/h2-5H,6H2,1H3,(H,13,17)(H,15,18). The second kappa shape index (κ2) is 5.41. The van der Waals surface area contributed by atoms with Crippen LogP contribution in [0.5, 0.6) is 0 Å². The summed E-state index contributed by atoms with van der Waals surface area (Å²) < 4.78 is 1.63. The summed E-state index contributed by atoms with van der Waals surface area (Å²) in [5.74, 6) is -0.0609. The highest BCUT2D eigenvalue weighted by Crippen LogP contribution is 2.14. The third-order valence-electron chi connectivity index (χ3n) is 2.42. The van der Waals surface area contributed by atoms with Crippen molar-refractivity contribution in [2.24, 2.45) is 0 Å². The van der Waals surface area contributed by atoms with E-state index >= 15 is 0 Å². The molecule has 5 nitrogen and oxygen atoms in total. The highest BCUT2D eigenvalue weighted by molar-refractivity contribution is 7.80. The Hall–Kier alpha value is -1.53. The maximum Gasteiger partial charge on any atom is 0.289 e. The highest BCUT2D eigenvalue weighted by atomic mass is 35.5. The van der Waals surface area contributed by atoms with Gasteiger partial charge < -0.3 is 5.32 Å². The zero-order chi connectivity index (χ0) is 13.1. The van der Waals surface area contributed by atoms with Crippen molar-refractivity contribution in [3.8, 4) is 0 Å². The number of carbonyl (C=O) groups is 1. The lowest BCUT2D eigenvalue weighted by molar-refractivity contribution is 0.0948. The van der Waals surface area contributed by atoms with Crippen LogP contribution in [0.25, 0.3) is 0 Å². The first kappa shape index (κ1) is 12.9. The van der Waals surface area contributed by atoms with Crippen LogP contribution in [0.15, 0.2) is 29.4 Å². The van der Waals surface area contributed by atoms with Crippen LogP contribution in [-0.2, 0) is 6.54 Å². The maximum atomic E-state index is 11.6. The minimum absolute atomic E-state index is 0.234.